The molecule has 2 N–H and O–H groups in total. The molecular formula is C10H12N4S. The number of thiophene rings is 1. The predicted octanol–water partition coefficient (Wildman–Crippen LogP) is 1.09. The molecule has 0 spiro atoms. The molecule has 3 heterocycles. The summed E-state index contributed by atoms with van der Waals surface area (Å²) < 4.78 is 1.19. The second kappa shape index (κ2) is 3.43. The maximum atomic E-state index is 5.61. The van der Waals surface area contributed by atoms with Crippen LogP contribution in [0.3, 0.4) is 0 Å². The fourth-order valence-corrected chi connectivity index (χ4v) is 2.75. The fourth-order valence-electron chi connectivity index (χ4n) is 1.89. The molecule has 1 saturated heterocycles. The van der Waals surface area contributed by atoms with Crippen LogP contribution in [0.15, 0.2) is 17.8 Å². The molecule has 5 heteroatoms. The summed E-state index contributed by atoms with van der Waals surface area (Å²) >= 11 is 1.70. The predicted molar refractivity (Wildman–Crippen MR) is 62.2 cm³/mol. The lowest BCUT2D eigenvalue weighted by atomic mass is 10.0. The summed E-state index contributed by atoms with van der Waals surface area (Å²) in [7, 11) is 0. The number of rotatable bonds is 2. The molecule has 15 heavy (non-hydrogen) atoms. The first-order chi connectivity index (χ1) is 7.38. The van der Waals surface area contributed by atoms with E-state index in [1.54, 1.807) is 17.7 Å². The van der Waals surface area contributed by atoms with E-state index in [2.05, 4.69) is 20.2 Å². The van der Waals surface area contributed by atoms with Crippen molar-refractivity contribution in [1.29, 1.82) is 0 Å². The Labute approximate surface area is 91.7 Å². The average molecular weight is 220 g/mol. The third-order valence-electron chi connectivity index (χ3n) is 2.81. The summed E-state index contributed by atoms with van der Waals surface area (Å²) in [6.45, 7) is 2.83. The van der Waals surface area contributed by atoms with Crippen molar-refractivity contribution in [3.05, 3.63) is 17.8 Å². The van der Waals surface area contributed by atoms with Gasteiger partial charge in [0.25, 0.3) is 0 Å². The van der Waals surface area contributed by atoms with E-state index in [0.29, 0.717) is 5.92 Å². The Morgan fingerprint density at radius 2 is 2.33 bits per heavy atom. The van der Waals surface area contributed by atoms with Crippen molar-refractivity contribution in [2.24, 2.45) is 11.7 Å². The minimum Gasteiger partial charge on any atom is -0.355 e. The minimum atomic E-state index is 0.634. The minimum absolute atomic E-state index is 0.634. The summed E-state index contributed by atoms with van der Waals surface area (Å²) in [5, 5.41) is 2.06. The van der Waals surface area contributed by atoms with Crippen molar-refractivity contribution < 1.29 is 0 Å². The van der Waals surface area contributed by atoms with Crippen LogP contribution < -0.4 is 10.6 Å². The van der Waals surface area contributed by atoms with Crippen LogP contribution in [0.5, 0.6) is 0 Å². The molecule has 0 radical (unpaired) electrons. The molecule has 0 saturated carbocycles. The summed E-state index contributed by atoms with van der Waals surface area (Å²) in [5.41, 5.74) is 6.65. The lowest BCUT2D eigenvalue weighted by Gasteiger charge is -2.39. The van der Waals surface area contributed by atoms with Crippen LogP contribution in [0.2, 0.25) is 0 Å². The normalized spacial score (nSPS) is 17.0. The lowest BCUT2D eigenvalue weighted by molar-refractivity contribution is 0.418. The largest absolute Gasteiger partial charge is 0.355 e. The van der Waals surface area contributed by atoms with Gasteiger partial charge in [-0.15, -0.1) is 11.3 Å². The van der Waals surface area contributed by atoms with E-state index in [-0.39, 0.29) is 0 Å². The second-order valence-corrected chi connectivity index (χ2v) is 4.76. The lowest BCUT2D eigenvalue weighted by Crippen LogP contribution is -2.50. The number of fused-ring (bicyclic) bond motifs is 1. The van der Waals surface area contributed by atoms with E-state index in [9.17, 15) is 0 Å². The third kappa shape index (κ3) is 1.39. The number of nitrogens with zero attached hydrogens (tertiary/aromatic N) is 3. The van der Waals surface area contributed by atoms with Crippen LogP contribution in [-0.4, -0.2) is 29.6 Å². The van der Waals surface area contributed by atoms with E-state index in [4.69, 9.17) is 5.73 Å². The first-order valence-electron chi connectivity index (χ1n) is 5.01. The quantitative estimate of drug-likeness (QED) is 0.823. The maximum absolute atomic E-state index is 5.61. The van der Waals surface area contributed by atoms with Crippen molar-refractivity contribution in [1.82, 2.24) is 9.97 Å². The van der Waals surface area contributed by atoms with Crippen LogP contribution in [0.4, 0.5) is 5.82 Å². The summed E-state index contributed by atoms with van der Waals surface area (Å²) in [6, 6.07) is 2.03. The molecule has 4 nitrogen and oxygen atoms in total. The van der Waals surface area contributed by atoms with Gasteiger partial charge in [0.05, 0.1) is 10.2 Å². The van der Waals surface area contributed by atoms with Crippen LogP contribution in [0.25, 0.3) is 10.2 Å². The van der Waals surface area contributed by atoms with Gasteiger partial charge in [-0.25, -0.2) is 9.97 Å². The van der Waals surface area contributed by atoms with Crippen LogP contribution >= 0.6 is 11.3 Å². The van der Waals surface area contributed by atoms with Gasteiger partial charge in [0.2, 0.25) is 0 Å². The molecule has 0 amide bonds. The first kappa shape index (κ1) is 9.06. The van der Waals surface area contributed by atoms with Gasteiger partial charge in [-0.1, -0.05) is 0 Å². The molecule has 2 aromatic heterocycles. The number of anilines is 1. The maximum Gasteiger partial charge on any atom is 0.150 e. The zero-order valence-corrected chi connectivity index (χ0v) is 9.07. The van der Waals surface area contributed by atoms with E-state index in [1.807, 2.05) is 6.07 Å². The zero-order valence-electron chi connectivity index (χ0n) is 8.26. The van der Waals surface area contributed by atoms with Crippen molar-refractivity contribution >= 4 is 27.4 Å². The topological polar surface area (TPSA) is 55.0 Å². The fraction of sp³-hybridized carbons (Fsp3) is 0.400. The monoisotopic (exact) mass is 220 g/mol. The third-order valence-corrected chi connectivity index (χ3v) is 3.71. The standard InChI is InChI=1S/C10H12N4S/c11-3-7-4-14(5-7)10-9-8(1-2-15-9)12-6-13-10/h1-2,6-7H,3-5,11H2. The second-order valence-electron chi connectivity index (χ2n) is 3.84. The Hall–Kier alpha value is -1.20. The van der Waals surface area contributed by atoms with Gasteiger partial charge < -0.3 is 10.6 Å². The Balaban J connectivity index is 1.95. The van der Waals surface area contributed by atoms with Gasteiger partial charge in [0.1, 0.15) is 12.1 Å². The number of hydrogen-bond acceptors (Lipinski definition) is 5. The molecule has 1 fully saturated rings. The molecular weight excluding hydrogens is 208 g/mol. The van der Waals surface area contributed by atoms with Gasteiger partial charge in [-0.05, 0) is 18.0 Å². The highest BCUT2D eigenvalue weighted by atomic mass is 32.1. The average Bonchev–Trinajstić information content (AvgIpc) is 2.64. The molecule has 0 atom stereocenters. The summed E-state index contributed by atoms with van der Waals surface area (Å²) in [4.78, 5) is 10.9. The first-order valence-corrected chi connectivity index (χ1v) is 5.89. The van der Waals surface area contributed by atoms with Gasteiger partial charge >= 0.3 is 0 Å². The Kier molecular flexibility index (Phi) is 2.07. The van der Waals surface area contributed by atoms with Crippen molar-refractivity contribution in [3.8, 4) is 0 Å². The molecule has 78 valence electrons. The molecule has 1 aliphatic rings. The van der Waals surface area contributed by atoms with Crippen LogP contribution in [-0.2, 0) is 0 Å². The molecule has 0 bridgehead atoms. The van der Waals surface area contributed by atoms with Crippen molar-refractivity contribution in [3.63, 3.8) is 0 Å². The molecule has 2 aromatic rings. The van der Waals surface area contributed by atoms with E-state index < -0.39 is 0 Å². The molecule has 1 aliphatic heterocycles. The number of aromatic nitrogens is 2. The Morgan fingerprint density at radius 1 is 1.47 bits per heavy atom. The summed E-state index contributed by atoms with van der Waals surface area (Å²) in [6.07, 6.45) is 1.64. The molecule has 0 aromatic carbocycles. The smallest absolute Gasteiger partial charge is 0.150 e. The van der Waals surface area contributed by atoms with Gasteiger partial charge in [0.15, 0.2) is 0 Å². The van der Waals surface area contributed by atoms with E-state index in [0.717, 1.165) is 31.0 Å². The Morgan fingerprint density at radius 3 is 3.13 bits per heavy atom. The molecule has 0 unspecified atom stereocenters. The van der Waals surface area contributed by atoms with Gasteiger partial charge in [-0.2, -0.15) is 0 Å². The Bertz CT molecular complexity index is 475. The van der Waals surface area contributed by atoms with E-state index in [1.165, 1.54) is 4.70 Å². The highest BCUT2D eigenvalue weighted by molar-refractivity contribution is 7.17. The highest BCUT2D eigenvalue weighted by Crippen LogP contribution is 2.31. The SMILES string of the molecule is NCC1CN(c2ncnc3ccsc23)C1. The van der Waals surface area contributed by atoms with Gasteiger partial charge in [-0.3, -0.25) is 0 Å². The zero-order chi connectivity index (χ0) is 10.3. The van der Waals surface area contributed by atoms with E-state index >= 15 is 0 Å². The number of hydrogen-bond donors (Lipinski definition) is 1. The van der Waals surface area contributed by atoms with Crippen LogP contribution in [0.1, 0.15) is 0 Å². The molecule has 0 aliphatic carbocycles. The van der Waals surface area contributed by atoms with Crippen molar-refractivity contribution in [2.75, 3.05) is 24.5 Å². The number of nitrogens with two attached hydrogens (primary N) is 1. The van der Waals surface area contributed by atoms with Crippen LogP contribution in [0, 0.1) is 5.92 Å². The molecule has 3 rings (SSSR count). The highest BCUT2D eigenvalue weighted by Gasteiger charge is 2.27. The van der Waals surface area contributed by atoms with Gasteiger partial charge in [0, 0.05) is 19.0 Å². The summed E-state index contributed by atoms with van der Waals surface area (Å²) in [5.74, 6) is 1.70. The van der Waals surface area contributed by atoms with Crippen molar-refractivity contribution in [2.45, 2.75) is 0 Å².